The monoisotopic (exact) mass is 324 g/mol. The zero-order chi connectivity index (χ0) is 17.1. The minimum absolute atomic E-state index is 0.738. The maximum atomic E-state index is 6.00. The Labute approximate surface area is 142 Å². The highest BCUT2D eigenvalue weighted by molar-refractivity contribution is 5.68. The highest BCUT2D eigenvalue weighted by Gasteiger charge is 2.16. The number of hydrogen-bond donors (Lipinski definition) is 1. The van der Waals surface area contributed by atoms with E-state index in [1.54, 1.807) is 7.11 Å². The molecule has 5 nitrogen and oxygen atoms in total. The van der Waals surface area contributed by atoms with Crippen LogP contribution in [0.2, 0.25) is 0 Å². The molecule has 2 aromatic heterocycles. The van der Waals surface area contributed by atoms with Crippen LogP contribution in [0.1, 0.15) is 19.5 Å². The number of nitrogens with zero attached hydrogens (tertiary/aromatic N) is 3. The molecular weight excluding hydrogens is 300 g/mol. The smallest absolute Gasteiger partial charge is 0.137 e. The lowest BCUT2D eigenvalue weighted by atomic mass is 10.1. The fourth-order valence-corrected chi connectivity index (χ4v) is 2.90. The Morgan fingerprint density at radius 2 is 1.79 bits per heavy atom. The van der Waals surface area contributed by atoms with Crippen LogP contribution < -0.4 is 10.5 Å². The van der Waals surface area contributed by atoms with Gasteiger partial charge in [-0.3, -0.25) is 4.90 Å². The molecule has 0 bridgehead atoms. The van der Waals surface area contributed by atoms with Crippen molar-refractivity contribution in [1.29, 1.82) is 0 Å². The number of ether oxygens (including phenoxy) is 1. The lowest BCUT2D eigenvalue weighted by Crippen LogP contribution is -2.23. The standard InChI is InChI=1S/C19H24N4O/c1-4-22(5-2)13-17-19(14-6-9-16(24-3)10-7-14)21-18-11-8-15(20)12-23(17)18/h6-12H,4-5,13,20H2,1-3H3. The van der Waals surface area contributed by atoms with Crippen molar-refractivity contribution in [2.45, 2.75) is 20.4 Å². The van der Waals surface area contributed by atoms with Crippen molar-refractivity contribution in [3.63, 3.8) is 0 Å². The van der Waals surface area contributed by atoms with E-state index < -0.39 is 0 Å². The van der Waals surface area contributed by atoms with Gasteiger partial charge in [0, 0.05) is 24.0 Å². The van der Waals surface area contributed by atoms with Crippen molar-refractivity contribution in [2.24, 2.45) is 0 Å². The molecule has 126 valence electrons. The molecule has 3 aromatic rings. The molecular formula is C19H24N4O. The Morgan fingerprint density at radius 1 is 1.08 bits per heavy atom. The quantitative estimate of drug-likeness (QED) is 0.755. The third-order valence-corrected chi connectivity index (χ3v) is 4.37. The summed E-state index contributed by atoms with van der Waals surface area (Å²) in [7, 11) is 1.68. The minimum Gasteiger partial charge on any atom is -0.497 e. The zero-order valence-electron chi connectivity index (χ0n) is 14.5. The molecule has 24 heavy (non-hydrogen) atoms. The van der Waals surface area contributed by atoms with Gasteiger partial charge in [0.15, 0.2) is 0 Å². The molecule has 0 fully saturated rings. The van der Waals surface area contributed by atoms with Crippen LogP contribution in [0, 0.1) is 0 Å². The first-order chi connectivity index (χ1) is 11.7. The maximum Gasteiger partial charge on any atom is 0.137 e. The van der Waals surface area contributed by atoms with Gasteiger partial charge >= 0.3 is 0 Å². The number of fused-ring (bicyclic) bond motifs is 1. The zero-order valence-corrected chi connectivity index (χ0v) is 14.5. The van der Waals surface area contributed by atoms with Gasteiger partial charge in [0.25, 0.3) is 0 Å². The van der Waals surface area contributed by atoms with Crippen LogP contribution >= 0.6 is 0 Å². The van der Waals surface area contributed by atoms with Crippen LogP contribution in [-0.4, -0.2) is 34.5 Å². The van der Waals surface area contributed by atoms with Crippen molar-refractivity contribution in [1.82, 2.24) is 14.3 Å². The first-order valence-electron chi connectivity index (χ1n) is 8.29. The molecule has 0 saturated carbocycles. The van der Waals surface area contributed by atoms with E-state index in [1.807, 2.05) is 30.5 Å². The van der Waals surface area contributed by atoms with Gasteiger partial charge in [-0.25, -0.2) is 4.98 Å². The molecule has 0 saturated heterocycles. The summed E-state index contributed by atoms with van der Waals surface area (Å²) in [6, 6.07) is 11.9. The number of hydrogen-bond acceptors (Lipinski definition) is 4. The van der Waals surface area contributed by atoms with E-state index in [0.717, 1.165) is 53.7 Å². The summed E-state index contributed by atoms with van der Waals surface area (Å²) in [5, 5.41) is 0. The lowest BCUT2D eigenvalue weighted by molar-refractivity contribution is 0.292. The average Bonchev–Trinajstić information content (AvgIpc) is 2.97. The highest BCUT2D eigenvalue weighted by atomic mass is 16.5. The van der Waals surface area contributed by atoms with E-state index in [4.69, 9.17) is 15.5 Å². The summed E-state index contributed by atoms with van der Waals surface area (Å²) in [5.74, 6) is 0.844. The first-order valence-corrected chi connectivity index (χ1v) is 8.29. The van der Waals surface area contributed by atoms with Crippen molar-refractivity contribution in [2.75, 3.05) is 25.9 Å². The summed E-state index contributed by atoms with van der Waals surface area (Å²) in [6.07, 6.45) is 1.95. The van der Waals surface area contributed by atoms with E-state index in [9.17, 15) is 0 Å². The summed E-state index contributed by atoms with van der Waals surface area (Å²) in [5.41, 5.74) is 10.9. The van der Waals surface area contributed by atoms with E-state index in [0.29, 0.717) is 0 Å². The summed E-state index contributed by atoms with van der Waals surface area (Å²) < 4.78 is 7.36. The second-order valence-electron chi connectivity index (χ2n) is 5.79. The highest BCUT2D eigenvalue weighted by Crippen LogP contribution is 2.28. The van der Waals surface area contributed by atoms with Crippen LogP contribution in [0.3, 0.4) is 0 Å². The van der Waals surface area contributed by atoms with Crippen molar-refractivity contribution < 1.29 is 4.74 Å². The number of imidazole rings is 1. The van der Waals surface area contributed by atoms with E-state index in [1.165, 1.54) is 0 Å². The van der Waals surface area contributed by atoms with Crippen molar-refractivity contribution >= 4 is 11.3 Å². The second kappa shape index (κ2) is 6.93. The predicted molar refractivity (Wildman–Crippen MR) is 98.2 cm³/mol. The fourth-order valence-electron chi connectivity index (χ4n) is 2.90. The van der Waals surface area contributed by atoms with Crippen molar-refractivity contribution in [3.05, 3.63) is 48.3 Å². The van der Waals surface area contributed by atoms with Gasteiger partial charge in [0.1, 0.15) is 11.4 Å². The molecule has 0 amide bonds. The third-order valence-electron chi connectivity index (χ3n) is 4.37. The van der Waals surface area contributed by atoms with Crippen LogP contribution in [-0.2, 0) is 6.54 Å². The number of nitrogens with two attached hydrogens (primary N) is 1. The maximum absolute atomic E-state index is 6.00. The molecule has 2 heterocycles. The van der Waals surface area contributed by atoms with Crippen LogP contribution in [0.15, 0.2) is 42.6 Å². The number of aromatic nitrogens is 2. The topological polar surface area (TPSA) is 55.8 Å². The van der Waals surface area contributed by atoms with Crippen LogP contribution in [0.25, 0.3) is 16.9 Å². The SMILES string of the molecule is CCN(CC)Cc1c(-c2ccc(OC)cc2)nc2ccc(N)cn12. The van der Waals surface area contributed by atoms with Gasteiger partial charge < -0.3 is 14.9 Å². The van der Waals surface area contributed by atoms with Crippen molar-refractivity contribution in [3.8, 4) is 17.0 Å². The van der Waals surface area contributed by atoms with E-state index in [2.05, 4.69) is 35.3 Å². The molecule has 0 atom stereocenters. The first kappa shape index (κ1) is 16.3. The Morgan fingerprint density at radius 3 is 2.42 bits per heavy atom. The number of methoxy groups -OCH3 is 1. The molecule has 0 aliphatic heterocycles. The molecule has 0 spiro atoms. The molecule has 5 heteroatoms. The third kappa shape index (κ3) is 3.08. The van der Waals surface area contributed by atoms with Gasteiger partial charge in [0.2, 0.25) is 0 Å². The van der Waals surface area contributed by atoms with Crippen LogP contribution in [0.5, 0.6) is 5.75 Å². The normalized spacial score (nSPS) is 11.3. The van der Waals surface area contributed by atoms with Gasteiger partial charge in [-0.2, -0.15) is 0 Å². The van der Waals surface area contributed by atoms with Gasteiger partial charge in [-0.1, -0.05) is 13.8 Å². The Balaban J connectivity index is 2.14. The Bertz CT molecular complexity index is 819. The summed E-state index contributed by atoms with van der Waals surface area (Å²) in [4.78, 5) is 7.22. The Hall–Kier alpha value is -2.53. The van der Waals surface area contributed by atoms with E-state index in [-0.39, 0.29) is 0 Å². The number of pyridine rings is 1. The Kier molecular flexibility index (Phi) is 4.71. The minimum atomic E-state index is 0.738. The summed E-state index contributed by atoms with van der Waals surface area (Å²) >= 11 is 0. The summed E-state index contributed by atoms with van der Waals surface area (Å²) in [6.45, 7) is 7.17. The van der Waals surface area contributed by atoms with Gasteiger partial charge in [-0.05, 0) is 49.5 Å². The number of rotatable bonds is 6. The molecule has 0 unspecified atom stereocenters. The van der Waals surface area contributed by atoms with E-state index >= 15 is 0 Å². The number of anilines is 1. The molecule has 0 aliphatic rings. The predicted octanol–water partition coefficient (Wildman–Crippen LogP) is 3.43. The molecule has 1 aromatic carbocycles. The molecule has 3 rings (SSSR count). The average molecular weight is 324 g/mol. The second-order valence-corrected chi connectivity index (χ2v) is 5.79. The fraction of sp³-hybridized carbons (Fsp3) is 0.316. The largest absolute Gasteiger partial charge is 0.497 e. The van der Waals surface area contributed by atoms with Gasteiger partial charge in [-0.15, -0.1) is 0 Å². The molecule has 0 aliphatic carbocycles. The van der Waals surface area contributed by atoms with Crippen LogP contribution in [0.4, 0.5) is 5.69 Å². The lowest BCUT2D eigenvalue weighted by Gasteiger charge is -2.18. The molecule has 2 N–H and O–H groups in total. The number of benzene rings is 1. The number of nitrogen functional groups attached to an aromatic ring is 1. The molecule has 0 radical (unpaired) electrons. The van der Waals surface area contributed by atoms with Gasteiger partial charge in [0.05, 0.1) is 18.5 Å².